The molecule has 0 N–H and O–H groups in total. The molecule has 0 radical (unpaired) electrons. The van der Waals surface area contributed by atoms with Gasteiger partial charge in [-0.05, 0) is 0 Å². The molecule has 4 rings (SSSR count). The maximum Gasteiger partial charge on any atom is 4.00 e. The maximum absolute atomic E-state index is 3.15. The Bertz CT molecular complexity index is 616. The Morgan fingerprint density at radius 2 is 0.760 bits per heavy atom. The third-order valence-electron chi connectivity index (χ3n) is 2.92. The molecule has 124 valence electrons. The van der Waals surface area contributed by atoms with Crippen LogP contribution in [-0.2, 0) is 21.1 Å². The number of hydrogen-bond acceptors (Lipinski definition) is 0. The van der Waals surface area contributed by atoms with Gasteiger partial charge in [0.05, 0.1) is 0 Å². The summed E-state index contributed by atoms with van der Waals surface area (Å²) >= 11 is 0. The van der Waals surface area contributed by atoms with Crippen LogP contribution in [0.3, 0.4) is 0 Å². The predicted octanol–water partition coefficient (Wildman–Crippen LogP) is 5.93. The van der Waals surface area contributed by atoms with Crippen molar-refractivity contribution < 1.29 is 21.1 Å². The first-order chi connectivity index (χ1) is 12.0. The van der Waals surface area contributed by atoms with E-state index in [1.54, 1.807) is 0 Å². The fourth-order valence-corrected chi connectivity index (χ4v) is 1.81. The van der Waals surface area contributed by atoms with Gasteiger partial charge in [-0.3, -0.25) is 0 Å². The van der Waals surface area contributed by atoms with Crippen molar-refractivity contribution in [1.29, 1.82) is 0 Å². The smallest absolute Gasteiger partial charge is 0.226 e. The third kappa shape index (κ3) is 9.45. The summed E-state index contributed by atoms with van der Waals surface area (Å²) in [5.74, 6) is 0. The second-order valence-electron chi connectivity index (χ2n) is 4.71. The van der Waals surface area contributed by atoms with E-state index >= 15 is 0 Å². The second kappa shape index (κ2) is 14.0. The molecule has 1 heteroatoms. The third-order valence-corrected chi connectivity index (χ3v) is 2.92. The maximum atomic E-state index is 3.15. The van der Waals surface area contributed by atoms with Crippen molar-refractivity contribution in [1.82, 2.24) is 0 Å². The minimum absolute atomic E-state index is 0. The van der Waals surface area contributed by atoms with E-state index in [4.69, 9.17) is 0 Å². The van der Waals surface area contributed by atoms with Crippen LogP contribution in [0, 0.1) is 24.3 Å². The van der Waals surface area contributed by atoms with Crippen LogP contribution in [0.2, 0.25) is 0 Å². The fraction of sp³-hybridized carbons (Fsp3) is 0. The van der Waals surface area contributed by atoms with E-state index in [2.05, 4.69) is 24.3 Å². The number of hydrogen-bond donors (Lipinski definition) is 0. The molecule has 0 unspecified atom stereocenters. The van der Waals surface area contributed by atoms with Crippen LogP contribution in [-0.4, -0.2) is 0 Å². The first-order valence-corrected chi connectivity index (χ1v) is 7.73. The van der Waals surface area contributed by atoms with E-state index in [1.165, 1.54) is 0 Å². The van der Waals surface area contributed by atoms with Crippen LogP contribution in [0.4, 0.5) is 0 Å². The first kappa shape index (κ1) is 20.6. The van der Waals surface area contributed by atoms with E-state index in [1.807, 2.05) is 109 Å². The number of benzene rings is 4. The van der Waals surface area contributed by atoms with E-state index in [0.717, 1.165) is 11.1 Å². The van der Waals surface area contributed by atoms with Crippen LogP contribution in [0.5, 0.6) is 0 Å². The van der Waals surface area contributed by atoms with Crippen LogP contribution in [0.15, 0.2) is 109 Å². The summed E-state index contributed by atoms with van der Waals surface area (Å²) in [5, 5.41) is 0. The van der Waals surface area contributed by atoms with Gasteiger partial charge in [-0.2, -0.15) is 121 Å². The molecule has 4 aromatic rings. The molecule has 0 atom stereocenters. The first-order valence-electron chi connectivity index (χ1n) is 7.73. The van der Waals surface area contributed by atoms with Gasteiger partial charge in [0.2, 0.25) is 0 Å². The molecule has 0 spiro atoms. The molecular weight excluding hydrogens is 483 g/mol. The molecule has 0 heterocycles. The Morgan fingerprint density at radius 1 is 0.400 bits per heavy atom. The SMILES string of the molecule is [Pt+4].[c-]1ccccc1.[c-]1ccccc1.[c-]1ccccc1-c1[c-]cccc1. The predicted molar refractivity (Wildman–Crippen MR) is 100 cm³/mol. The van der Waals surface area contributed by atoms with Crippen molar-refractivity contribution in [2.75, 3.05) is 0 Å². The Balaban J connectivity index is 0.000000204. The minimum atomic E-state index is 0. The second-order valence-corrected chi connectivity index (χ2v) is 4.71. The molecular formula is C24H18Pt. The van der Waals surface area contributed by atoms with Gasteiger partial charge in [0.15, 0.2) is 0 Å². The molecule has 0 saturated heterocycles. The van der Waals surface area contributed by atoms with Gasteiger partial charge in [0.25, 0.3) is 0 Å². The summed E-state index contributed by atoms with van der Waals surface area (Å²) in [6, 6.07) is 47.1. The molecule has 0 aliphatic carbocycles. The molecule has 0 aromatic heterocycles. The van der Waals surface area contributed by atoms with Crippen molar-refractivity contribution in [2.45, 2.75) is 0 Å². The summed E-state index contributed by atoms with van der Waals surface area (Å²) in [7, 11) is 0. The van der Waals surface area contributed by atoms with E-state index < -0.39 is 0 Å². The zero-order valence-corrected chi connectivity index (χ0v) is 16.0. The molecule has 25 heavy (non-hydrogen) atoms. The molecule has 0 aliphatic rings. The van der Waals surface area contributed by atoms with Gasteiger partial charge in [-0.1, -0.05) is 0 Å². The standard InChI is InChI=1S/C12H8.2C6H5.Pt/c1-3-7-11(8-4-1)12-9-5-2-6-10-12;2*1-2-4-6-5-3-1;/h1-7,9H;2*1-5H;/q-2;2*-1;+4. The van der Waals surface area contributed by atoms with Gasteiger partial charge in [0.1, 0.15) is 0 Å². The molecule has 4 aromatic carbocycles. The zero-order valence-electron chi connectivity index (χ0n) is 13.7. The summed E-state index contributed by atoms with van der Waals surface area (Å²) in [6.07, 6.45) is 0. The molecule has 0 bridgehead atoms. The fourth-order valence-electron chi connectivity index (χ4n) is 1.81. The topological polar surface area (TPSA) is 0 Å². The van der Waals surface area contributed by atoms with Crippen molar-refractivity contribution in [2.24, 2.45) is 0 Å². The summed E-state index contributed by atoms with van der Waals surface area (Å²) in [6.45, 7) is 0. The molecule has 0 nitrogen and oxygen atoms in total. The van der Waals surface area contributed by atoms with Crippen LogP contribution in [0.1, 0.15) is 0 Å². The van der Waals surface area contributed by atoms with Crippen LogP contribution in [0.25, 0.3) is 11.1 Å². The minimum Gasteiger partial charge on any atom is -0.226 e. The van der Waals surface area contributed by atoms with Crippen molar-refractivity contribution >= 4 is 0 Å². The van der Waals surface area contributed by atoms with E-state index in [9.17, 15) is 0 Å². The van der Waals surface area contributed by atoms with Crippen LogP contribution >= 0.6 is 0 Å². The van der Waals surface area contributed by atoms with Crippen molar-refractivity contribution in [3.63, 3.8) is 0 Å². The average molecular weight is 501 g/mol. The monoisotopic (exact) mass is 501 g/mol. The molecule has 0 fully saturated rings. The van der Waals surface area contributed by atoms with Gasteiger partial charge >= 0.3 is 21.1 Å². The normalized spacial score (nSPS) is 8.48. The van der Waals surface area contributed by atoms with Gasteiger partial charge in [-0.15, -0.1) is 12.1 Å². The van der Waals surface area contributed by atoms with Crippen LogP contribution < -0.4 is 0 Å². The van der Waals surface area contributed by atoms with Gasteiger partial charge < -0.3 is 0 Å². The van der Waals surface area contributed by atoms with Gasteiger partial charge in [-0.25, -0.2) is 11.1 Å². The summed E-state index contributed by atoms with van der Waals surface area (Å²) < 4.78 is 0. The molecule has 0 amide bonds. The Hall–Kier alpha value is -2.43. The summed E-state index contributed by atoms with van der Waals surface area (Å²) in [4.78, 5) is 0. The average Bonchev–Trinajstić information content (AvgIpc) is 2.73. The number of rotatable bonds is 1. The van der Waals surface area contributed by atoms with Gasteiger partial charge in [0, 0.05) is 0 Å². The largest absolute Gasteiger partial charge is 4.00 e. The molecule has 0 saturated carbocycles. The summed E-state index contributed by atoms with van der Waals surface area (Å²) in [5.41, 5.74) is 2.19. The Morgan fingerprint density at radius 3 is 0.960 bits per heavy atom. The Labute approximate surface area is 165 Å². The Kier molecular flexibility index (Phi) is 11.5. The quantitative estimate of drug-likeness (QED) is 0.284. The van der Waals surface area contributed by atoms with Crippen molar-refractivity contribution in [3.8, 4) is 11.1 Å². The van der Waals surface area contributed by atoms with Crippen molar-refractivity contribution in [3.05, 3.63) is 133 Å². The van der Waals surface area contributed by atoms with E-state index in [0.29, 0.717) is 0 Å². The zero-order chi connectivity index (χ0) is 16.7. The van der Waals surface area contributed by atoms with E-state index in [-0.39, 0.29) is 21.1 Å². The molecule has 0 aliphatic heterocycles.